The minimum atomic E-state index is -1.14. The standard InChI is InChI=1S/C26H19Cl2NO5S2/c27-20-7-3-1-5-17(20)14-33-19-10-9-16(11-23-25(32)29(13-24(30)31)26(35)36-23)22(12-19)34-15-18-6-2-4-8-21(18)28/h1-12H,13-15H2,(H,30,31)/b23-11-. The fourth-order valence-electron chi connectivity index (χ4n) is 3.31. The Kier molecular flexibility index (Phi) is 8.53. The molecule has 6 nitrogen and oxygen atoms in total. The number of rotatable bonds is 9. The number of aliphatic carboxylic acids is 1. The molecule has 1 amide bonds. The summed E-state index contributed by atoms with van der Waals surface area (Å²) in [6.07, 6.45) is 1.63. The third-order valence-electron chi connectivity index (χ3n) is 5.13. The molecular weight excluding hydrogens is 541 g/mol. The van der Waals surface area contributed by atoms with E-state index in [2.05, 4.69) is 0 Å². The van der Waals surface area contributed by atoms with Crippen LogP contribution in [0.4, 0.5) is 0 Å². The predicted molar refractivity (Wildman–Crippen MR) is 146 cm³/mol. The van der Waals surface area contributed by atoms with Crippen molar-refractivity contribution in [3.63, 3.8) is 0 Å². The molecule has 1 heterocycles. The van der Waals surface area contributed by atoms with E-state index in [1.165, 1.54) is 0 Å². The summed E-state index contributed by atoms with van der Waals surface area (Å²) in [7, 11) is 0. The van der Waals surface area contributed by atoms with E-state index < -0.39 is 18.4 Å². The van der Waals surface area contributed by atoms with Crippen molar-refractivity contribution < 1.29 is 24.2 Å². The largest absolute Gasteiger partial charge is 0.489 e. The number of halogens is 2. The fraction of sp³-hybridized carbons (Fsp3) is 0.115. The van der Waals surface area contributed by atoms with Gasteiger partial charge in [0.1, 0.15) is 35.6 Å². The number of thioether (sulfide) groups is 1. The van der Waals surface area contributed by atoms with Gasteiger partial charge in [0.25, 0.3) is 5.91 Å². The maximum atomic E-state index is 12.7. The van der Waals surface area contributed by atoms with E-state index in [0.29, 0.717) is 32.0 Å². The Morgan fingerprint density at radius 2 is 1.58 bits per heavy atom. The van der Waals surface area contributed by atoms with Crippen LogP contribution in [-0.2, 0) is 22.8 Å². The first-order chi connectivity index (χ1) is 17.3. The lowest BCUT2D eigenvalue weighted by molar-refractivity contribution is -0.140. The van der Waals surface area contributed by atoms with Gasteiger partial charge in [-0.1, -0.05) is 83.6 Å². The number of ether oxygens (including phenoxy) is 2. The summed E-state index contributed by atoms with van der Waals surface area (Å²) in [5.74, 6) is -0.616. The van der Waals surface area contributed by atoms with E-state index in [0.717, 1.165) is 27.8 Å². The van der Waals surface area contributed by atoms with Crippen LogP contribution in [0.3, 0.4) is 0 Å². The predicted octanol–water partition coefficient (Wildman–Crippen LogP) is 6.44. The van der Waals surface area contributed by atoms with Crippen LogP contribution in [0.25, 0.3) is 6.08 Å². The Morgan fingerprint density at radius 1 is 0.972 bits per heavy atom. The average molecular weight is 560 g/mol. The van der Waals surface area contributed by atoms with Gasteiger partial charge in [0.2, 0.25) is 0 Å². The van der Waals surface area contributed by atoms with Crippen LogP contribution in [0.2, 0.25) is 10.0 Å². The number of nitrogens with zero attached hydrogens (tertiary/aromatic N) is 1. The molecule has 4 rings (SSSR count). The lowest BCUT2D eigenvalue weighted by Gasteiger charge is -2.14. The van der Waals surface area contributed by atoms with Gasteiger partial charge in [0.05, 0.1) is 4.91 Å². The molecule has 1 aliphatic rings. The lowest BCUT2D eigenvalue weighted by Crippen LogP contribution is -2.33. The molecule has 0 aliphatic carbocycles. The second-order valence-corrected chi connectivity index (χ2v) is 10.1. The Balaban J connectivity index is 1.61. The van der Waals surface area contributed by atoms with Gasteiger partial charge in [-0.05, 0) is 30.3 Å². The van der Waals surface area contributed by atoms with E-state index in [9.17, 15) is 9.59 Å². The van der Waals surface area contributed by atoms with E-state index in [1.807, 2.05) is 36.4 Å². The molecule has 0 spiro atoms. The number of hydrogen-bond acceptors (Lipinski definition) is 6. The molecule has 0 unspecified atom stereocenters. The molecule has 1 saturated heterocycles. The highest BCUT2D eigenvalue weighted by atomic mass is 35.5. The van der Waals surface area contributed by atoms with Gasteiger partial charge in [-0.15, -0.1) is 0 Å². The highest BCUT2D eigenvalue weighted by Crippen LogP contribution is 2.36. The molecule has 36 heavy (non-hydrogen) atoms. The zero-order valence-corrected chi connectivity index (χ0v) is 21.8. The number of thiocarbonyl (C=S) groups is 1. The van der Waals surface area contributed by atoms with Crippen molar-refractivity contribution in [2.45, 2.75) is 13.2 Å². The second-order valence-electron chi connectivity index (χ2n) is 7.62. The maximum Gasteiger partial charge on any atom is 0.323 e. The first kappa shape index (κ1) is 26.0. The van der Waals surface area contributed by atoms with Crippen molar-refractivity contribution in [2.75, 3.05) is 6.54 Å². The Morgan fingerprint density at radius 3 is 2.19 bits per heavy atom. The minimum Gasteiger partial charge on any atom is -0.489 e. The lowest BCUT2D eigenvalue weighted by atomic mass is 10.1. The molecule has 10 heteroatoms. The minimum absolute atomic E-state index is 0.187. The van der Waals surface area contributed by atoms with Crippen LogP contribution < -0.4 is 9.47 Å². The number of carbonyl (C=O) groups is 2. The highest BCUT2D eigenvalue weighted by Gasteiger charge is 2.33. The zero-order chi connectivity index (χ0) is 25.7. The van der Waals surface area contributed by atoms with Gasteiger partial charge >= 0.3 is 5.97 Å². The third-order valence-corrected chi connectivity index (χ3v) is 7.25. The van der Waals surface area contributed by atoms with Gasteiger partial charge in [0.15, 0.2) is 0 Å². The molecule has 0 atom stereocenters. The topological polar surface area (TPSA) is 76.1 Å². The first-order valence-corrected chi connectivity index (χ1v) is 12.6. The number of hydrogen-bond donors (Lipinski definition) is 1. The number of carbonyl (C=O) groups excluding carboxylic acids is 1. The molecule has 0 aromatic heterocycles. The van der Waals surface area contributed by atoms with Crippen molar-refractivity contribution >= 4 is 69.5 Å². The van der Waals surface area contributed by atoms with Gasteiger partial charge in [-0.25, -0.2) is 0 Å². The molecule has 1 aliphatic heterocycles. The molecule has 3 aromatic rings. The molecule has 0 bridgehead atoms. The van der Waals surface area contributed by atoms with E-state index >= 15 is 0 Å². The Hall–Kier alpha value is -3.04. The van der Waals surface area contributed by atoms with Crippen LogP contribution in [-0.4, -0.2) is 32.7 Å². The average Bonchev–Trinajstić information content (AvgIpc) is 3.11. The van der Waals surface area contributed by atoms with Gasteiger partial charge < -0.3 is 14.6 Å². The van der Waals surface area contributed by atoms with Crippen LogP contribution in [0.5, 0.6) is 11.5 Å². The molecule has 0 saturated carbocycles. The molecule has 184 valence electrons. The van der Waals surface area contributed by atoms with Gasteiger partial charge in [-0.3, -0.25) is 14.5 Å². The molecule has 1 fully saturated rings. The van der Waals surface area contributed by atoms with Crippen molar-refractivity contribution in [1.29, 1.82) is 0 Å². The monoisotopic (exact) mass is 559 g/mol. The second kappa shape index (κ2) is 11.8. The van der Waals surface area contributed by atoms with Gasteiger partial charge in [-0.2, -0.15) is 0 Å². The third kappa shape index (κ3) is 6.39. The Labute approximate surface area is 227 Å². The van der Waals surface area contributed by atoms with Crippen molar-refractivity contribution in [3.8, 4) is 11.5 Å². The van der Waals surface area contributed by atoms with E-state index in [1.54, 1.807) is 36.4 Å². The van der Waals surface area contributed by atoms with Crippen LogP contribution in [0.15, 0.2) is 71.6 Å². The number of amides is 1. The summed E-state index contributed by atoms with van der Waals surface area (Å²) in [6, 6.07) is 20.0. The number of carboxylic acid groups (broad SMARTS) is 1. The van der Waals surface area contributed by atoms with Crippen LogP contribution >= 0.6 is 47.2 Å². The molecule has 1 N–H and O–H groups in total. The smallest absolute Gasteiger partial charge is 0.323 e. The van der Waals surface area contributed by atoms with Gasteiger partial charge in [0, 0.05) is 32.8 Å². The highest BCUT2D eigenvalue weighted by molar-refractivity contribution is 8.26. The molecule has 3 aromatic carbocycles. The zero-order valence-electron chi connectivity index (χ0n) is 18.6. The summed E-state index contributed by atoms with van der Waals surface area (Å²) >= 11 is 18.7. The SMILES string of the molecule is O=C(O)CN1C(=O)/C(=C/c2ccc(OCc3ccccc3Cl)cc2OCc2ccccc2Cl)SC1=S. The van der Waals surface area contributed by atoms with E-state index in [-0.39, 0.29) is 17.5 Å². The summed E-state index contributed by atoms with van der Waals surface area (Å²) in [5, 5.41) is 10.2. The normalized spacial score (nSPS) is 14.4. The van der Waals surface area contributed by atoms with E-state index in [4.69, 9.17) is 50.0 Å². The number of benzene rings is 3. The summed E-state index contributed by atoms with van der Waals surface area (Å²) in [5.41, 5.74) is 2.23. The van der Waals surface area contributed by atoms with Crippen molar-refractivity contribution in [1.82, 2.24) is 4.90 Å². The maximum absolute atomic E-state index is 12.7. The van der Waals surface area contributed by atoms with Crippen LogP contribution in [0, 0.1) is 0 Å². The quantitative estimate of drug-likeness (QED) is 0.239. The summed E-state index contributed by atoms with van der Waals surface area (Å²) in [6.45, 7) is -0.0437. The Bertz CT molecular complexity index is 1360. The summed E-state index contributed by atoms with van der Waals surface area (Å²) in [4.78, 5) is 25.2. The first-order valence-electron chi connectivity index (χ1n) is 10.7. The fourth-order valence-corrected chi connectivity index (χ4v) is 4.94. The summed E-state index contributed by atoms with van der Waals surface area (Å²) < 4.78 is 12.2. The van der Waals surface area contributed by atoms with Crippen molar-refractivity contribution in [3.05, 3.63) is 98.4 Å². The molecular formula is C26H19Cl2NO5S2. The number of carboxylic acids is 1. The van der Waals surface area contributed by atoms with Crippen LogP contribution in [0.1, 0.15) is 16.7 Å². The van der Waals surface area contributed by atoms with Crippen molar-refractivity contribution in [2.24, 2.45) is 0 Å². The molecule has 0 radical (unpaired) electrons.